The van der Waals surface area contributed by atoms with Crippen molar-refractivity contribution >= 4 is 11.6 Å². The highest BCUT2D eigenvalue weighted by molar-refractivity contribution is 5.93. The first-order valence-corrected chi connectivity index (χ1v) is 8.47. The number of carbonyl (C=O) groups excluding carboxylic acids is 1. The summed E-state index contributed by atoms with van der Waals surface area (Å²) >= 11 is 0. The zero-order valence-electron chi connectivity index (χ0n) is 14.7. The van der Waals surface area contributed by atoms with Crippen LogP contribution in [0.3, 0.4) is 0 Å². The van der Waals surface area contributed by atoms with Gasteiger partial charge in [-0.2, -0.15) is 5.10 Å². The van der Waals surface area contributed by atoms with Crippen LogP contribution in [0.15, 0.2) is 49.1 Å². The highest BCUT2D eigenvalue weighted by Crippen LogP contribution is 2.25. The number of pyridine rings is 2. The maximum absolute atomic E-state index is 11.3. The van der Waals surface area contributed by atoms with Gasteiger partial charge in [0.2, 0.25) is 12.1 Å². The Balaban J connectivity index is 1.37. The van der Waals surface area contributed by atoms with E-state index in [1.54, 1.807) is 25.4 Å². The second kappa shape index (κ2) is 6.59. The number of H-pyrrole nitrogens is 1. The average Bonchev–Trinajstić information content (AvgIpc) is 3.05. The SMILES string of the molecule is CC(=O)c1ccc(N2CC(Oc3cc(-c4c[nH][n+](C)c4)ccn3)C2)nc1. The molecule has 4 heterocycles. The van der Waals surface area contributed by atoms with Gasteiger partial charge in [-0.1, -0.05) is 0 Å². The third kappa shape index (κ3) is 3.28. The lowest BCUT2D eigenvalue weighted by Crippen LogP contribution is -2.54. The number of aromatic amines is 1. The van der Waals surface area contributed by atoms with Crippen molar-refractivity contribution in [1.29, 1.82) is 0 Å². The number of nitrogens with one attached hydrogen (secondary N) is 1. The van der Waals surface area contributed by atoms with Crippen molar-refractivity contribution in [2.75, 3.05) is 18.0 Å². The molecule has 4 rings (SSSR count). The third-order valence-corrected chi connectivity index (χ3v) is 4.44. The molecule has 3 aromatic rings. The van der Waals surface area contributed by atoms with Gasteiger partial charge in [-0.25, -0.2) is 9.97 Å². The van der Waals surface area contributed by atoms with E-state index in [1.807, 2.05) is 42.3 Å². The molecule has 1 N–H and O–H groups in total. The van der Waals surface area contributed by atoms with Crippen LogP contribution in [-0.4, -0.2) is 40.0 Å². The molecule has 1 aliphatic heterocycles. The van der Waals surface area contributed by atoms with Gasteiger partial charge in [-0.05, 0) is 30.7 Å². The number of aromatic nitrogens is 4. The second-order valence-electron chi connectivity index (χ2n) is 6.46. The molecule has 0 radical (unpaired) electrons. The lowest BCUT2D eigenvalue weighted by Gasteiger charge is -2.39. The van der Waals surface area contributed by atoms with Crippen LogP contribution >= 0.6 is 0 Å². The number of nitrogens with zero attached hydrogens (tertiary/aromatic N) is 4. The molecule has 3 aromatic heterocycles. The minimum atomic E-state index is 0.0239. The number of anilines is 1. The van der Waals surface area contributed by atoms with Crippen molar-refractivity contribution in [1.82, 2.24) is 15.1 Å². The number of aryl methyl sites for hydroxylation is 1. The van der Waals surface area contributed by atoms with Crippen LogP contribution in [0.25, 0.3) is 11.1 Å². The molecule has 0 atom stereocenters. The molecule has 0 unspecified atom stereocenters. The third-order valence-electron chi connectivity index (χ3n) is 4.44. The molecule has 1 fully saturated rings. The van der Waals surface area contributed by atoms with Gasteiger partial charge >= 0.3 is 0 Å². The summed E-state index contributed by atoms with van der Waals surface area (Å²) in [4.78, 5) is 22.1. The van der Waals surface area contributed by atoms with Crippen molar-refractivity contribution in [3.8, 4) is 17.0 Å². The molecule has 0 aliphatic carbocycles. The fourth-order valence-corrected chi connectivity index (χ4v) is 2.92. The standard InChI is InChI=1S/C19H19N5O2/c1-13(25)15-3-4-18(21-8-15)24-11-17(12-24)26-19-7-14(5-6-20-19)16-9-22-23(2)10-16/h3-10,17H,11-12H2,1-2H3/p+1. The molecule has 26 heavy (non-hydrogen) atoms. The van der Waals surface area contributed by atoms with Crippen LogP contribution in [0.4, 0.5) is 5.82 Å². The number of carbonyl (C=O) groups is 1. The van der Waals surface area contributed by atoms with E-state index in [1.165, 1.54) is 0 Å². The Hall–Kier alpha value is -3.22. The van der Waals surface area contributed by atoms with Crippen LogP contribution in [0.1, 0.15) is 17.3 Å². The van der Waals surface area contributed by atoms with Gasteiger partial charge in [0.1, 0.15) is 11.9 Å². The van der Waals surface area contributed by atoms with E-state index in [0.717, 1.165) is 30.0 Å². The van der Waals surface area contributed by atoms with E-state index >= 15 is 0 Å². The molecule has 1 saturated heterocycles. The molecular weight excluding hydrogens is 330 g/mol. The summed E-state index contributed by atoms with van der Waals surface area (Å²) in [5, 5.41) is 3.11. The fraction of sp³-hybridized carbons (Fsp3) is 0.263. The Kier molecular flexibility index (Phi) is 4.12. The van der Waals surface area contributed by atoms with Gasteiger partial charge in [-0.3, -0.25) is 4.79 Å². The molecule has 0 spiro atoms. The first-order chi connectivity index (χ1) is 12.6. The highest BCUT2D eigenvalue weighted by Gasteiger charge is 2.30. The molecule has 132 valence electrons. The predicted octanol–water partition coefficient (Wildman–Crippen LogP) is 1.77. The quantitative estimate of drug-likeness (QED) is 0.561. The number of hydrogen-bond donors (Lipinski definition) is 1. The summed E-state index contributed by atoms with van der Waals surface area (Å²) < 4.78 is 7.87. The van der Waals surface area contributed by atoms with Gasteiger partial charge in [0.05, 0.1) is 24.8 Å². The molecule has 0 bridgehead atoms. The van der Waals surface area contributed by atoms with E-state index < -0.39 is 0 Å². The molecule has 0 amide bonds. The number of ketones is 1. The number of rotatable bonds is 5. The minimum Gasteiger partial charge on any atom is -0.471 e. The zero-order chi connectivity index (χ0) is 18.1. The van der Waals surface area contributed by atoms with Gasteiger partial charge in [0.15, 0.2) is 12.8 Å². The van der Waals surface area contributed by atoms with E-state index in [-0.39, 0.29) is 11.9 Å². The fourth-order valence-electron chi connectivity index (χ4n) is 2.92. The van der Waals surface area contributed by atoms with Gasteiger partial charge < -0.3 is 9.64 Å². The van der Waals surface area contributed by atoms with Crippen LogP contribution in [0.2, 0.25) is 0 Å². The lowest BCUT2D eigenvalue weighted by atomic mass is 10.1. The molecule has 7 nitrogen and oxygen atoms in total. The highest BCUT2D eigenvalue weighted by atomic mass is 16.5. The smallest absolute Gasteiger partial charge is 0.214 e. The number of Topliss-reactive ketones (excluding diaryl/α,β-unsaturated/α-hetero) is 1. The van der Waals surface area contributed by atoms with Gasteiger partial charge in [-0.15, -0.1) is 4.68 Å². The maximum atomic E-state index is 11.3. The Bertz CT molecular complexity index is 929. The topological polar surface area (TPSA) is 75.0 Å². The summed E-state index contributed by atoms with van der Waals surface area (Å²) in [5.41, 5.74) is 2.77. The van der Waals surface area contributed by atoms with E-state index in [0.29, 0.717) is 11.4 Å². The van der Waals surface area contributed by atoms with Crippen LogP contribution in [0.5, 0.6) is 5.88 Å². The van der Waals surface area contributed by atoms with Gasteiger partial charge in [0, 0.05) is 24.0 Å². The summed E-state index contributed by atoms with van der Waals surface area (Å²) in [5.74, 6) is 1.50. The number of ether oxygens (including phenoxy) is 1. The Morgan fingerprint density at radius 3 is 2.77 bits per heavy atom. The summed E-state index contributed by atoms with van der Waals surface area (Å²) in [6, 6.07) is 7.59. The second-order valence-corrected chi connectivity index (χ2v) is 6.46. The largest absolute Gasteiger partial charge is 0.471 e. The van der Waals surface area contributed by atoms with Crippen LogP contribution in [-0.2, 0) is 7.05 Å². The monoisotopic (exact) mass is 350 g/mol. The van der Waals surface area contributed by atoms with Crippen molar-refractivity contribution in [2.45, 2.75) is 13.0 Å². The molecular formula is C19H20N5O2+. The normalized spacial score (nSPS) is 14.2. The molecule has 0 saturated carbocycles. The molecule has 7 heteroatoms. The minimum absolute atomic E-state index is 0.0239. The summed E-state index contributed by atoms with van der Waals surface area (Å²) in [6.45, 7) is 3.04. The first-order valence-electron chi connectivity index (χ1n) is 8.47. The Morgan fingerprint density at radius 1 is 1.27 bits per heavy atom. The lowest BCUT2D eigenvalue weighted by molar-refractivity contribution is -0.726. The zero-order valence-corrected chi connectivity index (χ0v) is 14.7. The maximum Gasteiger partial charge on any atom is 0.214 e. The van der Waals surface area contributed by atoms with E-state index in [9.17, 15) is 4.79 Å². The van der Waals surface area contributed by atoms with Crippen molar-refractivity contribution in [2.24, 2.45) is 7.05 Å². The Labute approximate surface area is 151 Å². The van der Waals surface area contributed by atoms with Crippen molar-refractivity contribution in [3.05, 3.63) is 54.6 Å². The summed E-state index contributed by atoms with van der Waals surface area (Å²) in [7, 11) is 1.95. The molecule has 0 aromatic carbocycles. The summed E-state index contributed by atoms with van der Waals surface area (Å²) in [6.07, 6.45) is 7.42. The van der Waals surface area contributed by atoms with Gasteiger partial charge in [0.25, 0.3) is 0 Å². The van der Waals surface area contributed by atoms with Crippen LogP contribution < -0.4 is 14.3 Å². The van der Waals surface area contributed by atoms with E-state index in [2.05, 4.69) is 20.0 Å². The van der Waals surface area contributed by atoms with Crippen LogP contribution in [0, 0.1) is 0 Å². The van der Waals surface area contributed by atoms with E-state index in [4.69, 9.17) is 4.74 Å². The molecule has 1 aliphatic rings. The first kappa shape index (κ1) is 16.3. The van der Waals surface area contributed by atoms with Crippen molar-refractivity contribution in [3.63, 3.8) is 0 Å². The van der Waals surface area contributed by atoms with Crippen molar-refractivity contribution < 1.29 is 14.2 Å². The predicted molar refractivity (Wildman–Crippen MR) is 96.1 cm³/mol. The Morgan fingerprint density at radius 2 is 2.12 bits per heavy atom. The number of hydrogen-bond acceptors (Lipinski definition) is 5. The average molecular weight is 350 g/mol.